The lowest BCUT2D eigenvalue weighted by molar-refractivity contribution is -0.192. The zero-order chi connectivity index (χ0) is 24.1. The van der Waals surface area contributed by atoms with Crippen molar-refractivity contribution >= 4 is 29.6 Å². The van der Waals surface area contributed by atoms with Gasteiger partial charge in [0, 0.05) is 5.56 Å². The number of carbonyl (C=O) groups is 5. The summed E-state index contributed by atoms with van der Waals surface area (Å²) in [6, 6.07) is 13.9. The molecule has 9 nitrogen and oxygen atoms in total. The second-order valence-corrected chi connectivity index (χ2v) is 7.11. The highest BCUT2D eigenvalue weighted by molar-refractivity contribution is 6.14. The van der Waals surface area contributed by atoms with Crippen LogP contribution in [0.15, 0.2) is 60.7 Å². The maximum Gasteiger partial charge on any atom is 0.339 e. The molecule has 0 spiro atoms. The third-order valence-electron chi connectivity index (χ3n) is 5.09. The van der Waals surface area contributed by atoms with Crippen LogP contribution < -0.4 is 0 Å². The van der Waals surface area contributed by atoms with E-state index in [0.717, 1.165) is 13.8 Å². The Morgan fingerprint density at radius 1 is 0.844 bits per heavy atom. The van der Waals surface area contributed by atoms with E-state index in [0.29, 0.717) is 0 Å². The van der Waals surface area contributed by atoms with Gasteiger partial charge in [0.05, 0.1) is 5.56 Å². The van der Waals surface area contributed by atoms with Crippen molar-refractivity contribution in [2.24, 2.45) is 0 Å². The quantitative estimate of drug-likeness (QED) is 0.204. The van der Waals surface area contributed by atoms with Crippen molar-refractivity contribution in [2.75, 3.05) is 0 Å². The minimum absolute atomic E-state index is 0.0968. The highest BCUT2D eigenvalue weighted by Gasteiger charge is 2.64. The Balaban J connectivity index is 2.67. The van der Waals surface area contributed by atoms with Gasteiger partial charge in [-0.05, 0) is 26.0 Å². The largest absolute Gasteiger partial charge is 0.436 e. The number of Topliss-reactive ketones (excluding diaryl/α,β-unsaturated/α-hetero) is 3. The van der Waals surface area contributed by atoms with E-state index < -0.39 is 46.7 Å². The number of aldehydes is 1. The van der Waals surface area contributed by atoms with Crippen LogP contribution in [-0.2, 0) is 19.1 Å². The van der Waals surface area contributed by atoms with E-state index in [2.05, 4.69) is 0 Å². The molecule has 2 aromatic carbocycles. The molecular weight excluding hydrogens is 420 g/mol. The number of hydrogen-bond acceptors (Lipinski definition) is 9. The van der Waals surface area contributed by atoms with Crippen molar-refractivity contribution in [3.05, 3.63) is 71.8 Å². The second kappa shape index (κ2) is 9.73. The van der Waals surface area contributed by atoms with Crippen LogP contribution in [-0.4, -0.2) is 68.3 Å². The summed E-state index contributed by atoms with van der Waals surface area (Å²) in [5, 5.41) is 32.3. The molecule has 0 saturated heterocycles. The Bertz CT molecular complexity index is 1000. The molecule has 0 amide bonds. The van der Waals surface area contributed by atoms with Gasteiger partial charge < -0.3 is 24.9 Å². The van der Waals surface area contributed by atoms with Crippen LogP contribution in [0, 0.1) is 0 Å². The molecule has 0 saturated carbocycles. The summed E-state index contributed by atoms with van der Waals surface area (Å²) in [6.45, 7) is 1.59. The fraction of sp³-hybridized carbons (Fsp3) is 0.261. The average Bonchev–Trinajstić information content (AvgIpc) is 2.80. The standard InChI is InChI=1S/C23H22O9/c1-14(25)23(15(2)26,32-20(29)17-11-7-4-8-12-17)21(30)22(31,18(27)13-24)19(28)16-9-5-3-6-10-16/h3-13,18,21,27,30-31H,1-2H3/t18-,21-,22+/m0/s1. The van der Waals surface area contributed by atoms with Crippen LogP contribution in [0.25, 0.3) is 0 Å². The fourth-order valence-corrected chi connectivity index (χ4v) is 3.27. The van der Waals surface area contributed by atoms with Gasteiger partial charge in [-0.1, -0.05) is 48.5 Å². The van der Waals surface area contributed by atoms with E-state index in [1.807, 2.05) is 0 Å². The zero-order valence-corrected chi connectivity index (χ0v) is 17.3. The minimum Gasteiger partial charge on any atom is -0.436 e. The van der Waals surface area contributed by atoms with Crippen LogP contribution in [0.3, 0.4) is 0 Å². The topological polar surface area (TPSA) is 155 Å². The molecule has 0 unspecified atom stereocenters. The lowest BCUT2D eigenvalue weighted by atomic mass is 9.72. The van der Waals surface area contributed by atoms with Crippen molar-refractivity contribution in [2.45, 2.75) is 37.3 Å². The summed E-state index contributed by atoms with van der Waals surface area (Å²) >= 11 is 0. The predicted molar refractivity (Wildman–Crippen MR) is 110 cm³/mol. The summed E-state index contributed by atoms with van der Waals surface area (Å²) < 4.78 is 5.11. The van der Waals surface area contributed by atoms with Gasteiger partial charge in [0.15, 0.2) is 29.2 Å². The molecule has 2 rings (SSSR count). The molecule has 0 aromatic heterocycles. The summed E-state index contributed by atoms with van der Waals surface area (Å²) in [6.07, 6.45) is -5.64. The highest BCUT2D eigenvalue weighted by Crippen LogP contribution is 2.33. The Morgan fingerprint density at radius 2 is 1.28 bits per heavy atom. The normalized spacial score (nSPS) is 15.0. The molecule has 0 aliphatic rings. The summed E-state index contributed by atoms with van der Waals surface area (Å²) in [5.74, 6) is -5.06. The molecule has 3 N–H and O–H groups in total. The van der Waals surface area contributed by atoms with Crippen LogP contribution in [0.2, 0.25) is 0 Å². The van der Waals surface area contributed by atoms with E-state index in [1.54, 1.807) is 12.1 Å². The number of carbonyl (C=O) groups excluding carboxylic acids is 5. The molecule has 0 heterocycles. The highest BCUT2D eigenvalue weighted by atomic mass is 16.6. The number of benzene rings is 2. The Labute approximate surface area is 183 Å². The number of esters is 1. The first kappa shape index (κ1) is 24.7. The molecule has 0 bridgehead atoms. The van der Waals surface area contributed by atoms with Crippen molar-refractivity contribution in [1.29, 1.82) is 0 Å². The molecule has 0 aliphatic carbocycles. The number of aliphatic hydroxyl groups excluding tert-OH is 2. The van der Waals surface area contributed by atoms with Crippen LogP contribution in [0.5, 0.6) is 0 Å². The lowest BCUT2D eigenvalue weighted by Crippen LogP contribution is -2.71. The van der Waals surface area contributed by atoms with Gasteiger partial charge in [0.25, 0.3) is 5.60 Å². The molecule has 0 aliphatic heterocycles. The lowest BCUT2D eigenvalue weighted by Gasteiger charge is -2.42. The summed E-state index contributed by atoms with van der Waals surface area (Å²) in [5.41, 5.74) is -6.85. The minimum atomic E-state index is -3.41. The maximum absolute atomic E-state index is 13.1. The van der Waals surface area contributed by atoms with Gasteiger partial charge in [0.2, 0.25) is 0 Å². The molecule has 2 aromatic rings. The van der Waals surface area contributed by atoms with Gasteiger partial charge >= 0.3 is 5.97 Å². The van der Waals surface area contributed by atoms with E-state index in [1.165, 1.54) is 48.5 Å². The first-order valence-corrected chi connectivity index (χ1v) is 9.47. The molecule has 9 heteroatoms. The number of hydrogen-bond donors (Lipinski definition) is 3. The number of ketones is 3. The number of aliphatic hydroxyl groups is 3. The van der Waals surface area contributed by atoms with Crippen LogP contribution in [0.4, 0.5) is 0 Å². The first-order valence-electron chi connectivity index (χ1n) is 9.47. The molecule has 168 valence electrons. The first-order chi connectivity index (χ1) is 15.0. The SMILES string of the molecule is CC(=O)C(OC(=O)c1ccccc1)(C(C)=O)[C@@H](O)[C@](O)(C(=O)c1ccccc1)[C@@H](O)C=O. The van der Waals surface area contributed by atoms with Crippen molar-refractivity contribution in [3.8, 4) is 0 Å². The third-order valence-corrected chi connectivity index (χ3v) is 5.09. The van der Waals surface area contributed by atoms with E-state index in [4.69, 9.17) is 4.74 Å². The van der Waals surface area contributed by atoms with Crippen molar-refractivity contribution in [1.82, 2.24) is 0 Å². The predicted octanol–water partition coefficient (Wildman–Crippen LogP) is 0.295. The smallest absolute Gasteiger partial charge is 0.339 e. The summed E-state index contributed by atoms with van der Waals surface area (Å²) in [7, 11) is 0. The van der Waals surface area contributed by atoms with E-state index >= 15 is 0 Å². The Hall–Kier alpha value is -3.53. The van der Waals surface area contributed by atoms with Gasteiger partial charge in [0.1, 0.15) is 12.2 Å². The Kier molecular flexibility index (Phi) is 7.52. The van der Waals surface area contributed by atoms with Crippen molar-refractivity contribution < 1.29 is 44.0 Å². The number of ether oxygens (including phenoxy) is 1. The van der Waals surface area contributed by atoms with Gasteiger partial charge in [-0.3, -0.25) is 14.4 Å². The van der Waals surface area contributed by atoms with Crippen molar-refractivity contribution in [3.63, 3.8) is 0 Å². The number of rotatable bonds is 10. The monoisotopic (exact) mass is 442 g/mol. The molecular formula is C23H22O9. The van der Waals surface area contributed by atoms with E-state index in [9.17, 15) is 39.3 Å². The summed E-state index contributed by atoms with van der Waals surface area (Å²) in [4.78, 5) is 62.2. The molecule has 0 radical (unpaired) electrons. The molecule has 32 heavy (non-hydrogen) atoms. The average molecular weight is 442 g/mol. The van der Waals surface area contributed by atoms with Gasteiger partial charge in [-0.2, -0.15) is 0 Å². The molecule has 0 fully saturated rings. The molecule has 3 atom stereocenters. The second-order valence-electron chi connectivity index (χ2n) is 7.11. The van der Waals surface area contributed by atoms with E-state index in [-0.39, 0.29) is 17.4 Å². The van der Waals surface area contributed by atoms with Gasteiger partial charge in [-0.15, -0.1) is 0 Å². The third kappa shape index (κ3) is 4.26. The van der Waals surface area contributed by atoms with Crippen LogP contribution in [0.1, 0.15) is 34.6 Å². The zero-order valence-electron chi connectivity index (χ0n) is 17.3. The fourth-order valence-electron chi connectivity index (χ4n) is 3.27. The Morgan fingerprint density at radius 3 is 1.69 bits per heavy atom. The maximum atomic E-state index is 13.1. The van der Waals surface area contributed by atoms with Gasteiger partial charge in [-0.25, -0.2) is 4.79 Å². The van der Waals surface area contributed by atoms with Crippen LogP contribution >= 0.6 is 0 Å².